The van der Waals surface area contributed by atoms with Gasteiger partial charge in [-0.05, 0) is 32.4 Å². The highest BCUT2D eigenvalue weighted by atomic mass is 15.1. The van der Waals surface area contributed by atoms with Gasteiger partial charge in [0.15, 0.2) is 0 Å². The molecule has 0 amide bonds. The third-order valence-corrected chi connectivity index (χ3v) is 2.94. The Morgan fingerprint density at radius 1 is 1.11 bits per heavy atom. The number of benzene rings is 1. The molecule has 0 aliphatic rings. The quantitative estimate of drug-likeness (QED) is 0.882. The summed E-state index contributed by atoms with van der Waals surface area (Å²) in [6.45, 7) is 7.41. The van der Waals surface area contributed by atoms with Crippen LogP contribution in [0, 0.1) is 20.8 Å². The summed E-state index contributed by atoms with van der Waals surface area (Å²) in [5, 5.41) is 3.13. The first-order valence-electron chi connectivity index (χ1n) is 6.47. The Kier molecular flexibility index (Phi) is 4.12. The second kappa shape index (κ2) is 5.80. The summed E-state index contributed by atoms with van der Waals surface area (Å²) < 4.78 is 0. The highest BCUT2D eigenvalue weighted by Crippen LogP contribution is 2.23. The van der Waals surface area contributed by atoms with Crippen molar-refractivity contribution >= 4 is 5.95 Å². The predicted molar refractivity (Wildman–Crippen MR) is 79.2 cm³/mol. The topological polar surface area (TPSA) is 63.8 Å². The highest BCUT2D eigenvalue weighted by molar-refractivity contribution is 5.65. The van der Waals surface area contributed by atoms with E-state index in [2.05, 4.69) is 47.3 Å². The van der Waals surface area contributed by atoms with Gasteiger partial charge >= 0.3 is 0 Å². The van der Waals surface area contributed by atoms with Gasteiger partial charge in [0.05, 0.1) is 5.69 Å². The highest BCUT2D eigenvalue weighted by Gasteiger charge is 2.07. The van der Waals surface area contributed by atoms with Crippen LogP contribution in [0.1, 0.15) is 16.8 Å². The molecule has 0 atom stereocenters. The molecule has 0 aliphatic carbocycles. The maximum atomic E-state index is 5.49. The van der Waals surface area contributed by atoms with E-state index in [0.717, 1.165) is 17.0 Å². The minimum atomic E-state index is 0.566. The number of nitrogens with two attached hydrogens (primary N) is 1. The normalized spacial score (nSPS) is 10.5. The molecule has 0 fully saturated rings. The Hall–Kier alpha value is -1.94. The van der Waals surface area contributed by atoms with Crippen molar-refractivity contribution in [1.82, 2.24) is 9.97 Å². The first-order valence-corrected chi connectivity index (χ1v) is 6.47. The molecule has 1 heterocycles. The summed E-state index contributed by atoms with van der Waals surface area (Å²) in [5.41, 5.74) is 11.0. The molecule has 2 aromatic rings. The fourth-order valence-corrected chi connectivity index (χ4v) is 2.07. The molecular formula is C15H20N4. The van der Waals surface area contributed by atoms with Gasteiger partial charge in [0.2, 0.25) is 5.95 Å². The number of aryl methyl sites for hydroxylation is 3. The van der Waals surface area contributed by atoms with Crippen LogP contribution in [0.5, 0.6) is 0 Å². The van der Waals surface area contributed by atoms with Crippen LogP contribution in [0.15, 0.2) is 24.3 Å². The molecule has 1 aromatic carbocycles. The molecule has 0 saturated carbocycles. The first kappa shape index (κ1) is 13.5. The van der Waals surface area contributed by atoms with Gasteiger partial charge in [-0.1, -0.05) is 23.8 Å². The average molecular weight is 256 g/mol. The molecule has 0 unspecified atom stereocenters. The molecule has 0 radical (unpaired) electrons. The smallest absolute Gasteiger partial charge is 0.223 e. The molecule has 3 N–H and O–H groups in total. The van der Waals surface area contributed by atoms with E-state index in [-0.39, 0.29) is 0 Å². The van der Waals surface area contributed by atoms with Crippen molar-refractivity contribution in [2.75, 3.05) is 18.4 Å². The summed E-state index contributed by atoms with van der Waals surface area (Å²) >= 11 is 0. The maximum absolute atomic E-state index is 5.49. The van der Waals surface area contributed by atoms with Crippen LogP contribution in [-0.4, -0.2) is 23.1 Å². The zero-order valence-corrected chi connectivity index (χ0v) is 11.7. The summed E-state index contributed by atoms with van der Waals surface area (Å²) in [6, 6.07) is 8.39. The SMILES string of the molecule is Cc1ccc(-c2cc(C)nc(NCCN)n2)c(C)c1. The summed E-state index contributed by atoms with van der Waals surface area (Å²) in [5.74, 6) is 0.639. The number of nitrogens with one attached hydrogen (secondary N) is 1. The minimum Gasteiger partial charge on any atom is -0.353 e. The van der Waals surface area contributed by atoms with Crippen molar-refractivity contribution in [2.24, 2.45) is 5.73 Å². The van der Waals surface area contributed by atoms with E-state index < -0.39 is 0 Å². The lowest BCUT2D eigenvalue weighted by Gasteiger charge is -2.10. The predicted octanol–water partition coefficient (Wildman–Crippen LogP) is 2.44. The van der Waals surface area contributed by atoms with Crippen molar-refractivity contribution in [3.63, 3.8) is 0 Å². The Bertz CT molecular complexity index is 578. The standard InChI is InChI=1S/C15H20N4/c1-10-4-5-13(11(2)8-10)14-9-12(3)18-15(19-14)17-7-6-16/h4-5,8-9H,6-7,16H2,1-3H3,(H,17,18,19). The average Bonchev–Trinajstić information content (AvgIpc) is 2.35. The third-order valence-electron chi connectivity index (χ3n) is 2.94. The zero-order valence-electron chi connectivity index (χ0n) is 11.7. The monoisotopic (exact) mass is 256 g/mol. The fraction of sp³-hybridized carbons (Fsp3) is 0.333. The van der Waals surface area contributed by atoms with Gasteiger partial charge in [0.1, 0.15) is 0 Å². The lowest BCUT2D eigenvalue weighted by molar-refractivity contribution is 0.981. The van der Waals surface area contributed by atoms with Crippen LogP contribution in [0.4, 0.5) is 5.95 Å². The van der Waals surface area contributed by atoms with E-state index in [1.54, 1.807) is 0 Å². The van der Waals surface area contributed by atoms with Crippen molar-refractivity contribution < 1.29 is 0 Å². The number of anilines is 1. The summed E-state index contributed by atoms with van der Waals surface area (Å²) in [4.78, 5) is 8.92. The number of hydrogen-bond acceptors (Lipinski definition) is 4. The Morgan fingerprint density at radius 3 is 2.58 bits per heavy atom. The first-order chi connectivity index (χ1) is 9.10. The molecule has 0 saturated heterocycles. The fourth-order valence-electron chi connectivity index (χ4n) is 2.07. The molecule has 1 aromatic heterocycles. The van der Waals surface area contributed by atoms with Crippen molar-refractivity contribution in [3.8, 4) is 11.3 Å². The minimum absolute atomic E-state index is 0.566. The van der Waals surface area contributed by atoms with Crippen LogP contribution < -0.4 is 11.1 Å². The van der Waals surface area contributed by atoms with E-state index in [9.17, 15) is 0 Å². The molecule has 4 nitrogen and oxygen atoms in total. The van der Waals surface area contributed by atoms with Crippen LogP contribution >= 0.6 is 0 Å². The van der Waals surface area contributed by atoms with Gasteiger partial charge in [-0.2, -0.15) is 0 Å². The number of nitrogens with zero attached hydrogens (tertiary/aromatic N) is 2. The Labute approximate surface area is 114 Å². The Balaban J connectivity index is 2.41. The van der Waals surface area contributed by atoms with E-state index in [4.69, 9.17) is 5.73 Å². The van der Waals surface area contributed by atoms with Gasteiger partial charge in [-0.25, -0.2) is 9.97 Å². The van der Waals surface area contributed by atoms with E-state index in [1.165, 1.54) is 11.1 Å². The second-order valence-corrected chi connectivity index (χ2v) is 4.75. The number of aromatic nitrogens is 2. The van der Waals surface area contributed by atoms with E-state index >= 15 is 0 Å². The molecule has 19 heavy (non-hydrogen) atoms. The third kappa shape index (κ3) is 3.29. The summed E-state index contributed by atoms with van der Waals surface area (Å²) in [7, 11) is 0. The maximum Gasteiger partial charge on any atom is 0.223 e. The molecule has 0 aliphatic heterocycles. The van der Waals surface area contributed by atoms with Crippen LogP contribution in [0.25, 0.3) is 11.3 Å². The molecule has 4 heteroatoms. The van der Waals surface area contributed by atoms with Crippen LogP contribution in [0.2, 0.25) is 0 Å². The van der Waals surface area contributed by atoms with E-state index in [0.29, 0.717) is 19.0 Å². The molecular weight excluding hydrogens is 236 g/mol. The summed E-state index contributed by atoms with van der Waals surface area (Å²) in [6.07, 6.45) is 0. The van der Waals surface area contributed by atoms with E-state index in [1.807, 2.05) is 13.0 Å². The van der Waals surface area contributed by atoms with Crippen molar-refractivity contribution in [1.29, 1.82) is 0 Å². The zero-order chi connectivity index (χ0) is 13.8. The number of rotatable bonds is 4. The van der Waals surface area contributed by atoms with Crippen LogP contribution in [-0.2, 0) is 0 Å². The lowest BCUT2D eigenvalue weighted by atomic mass is 10.0. The van der Waals surface area contributed by atoms with Gasteiger partial charge in [-0.15, -0.1) is 0 Å². The van der Waals surface area contributed by atoms with Gasteiger partial charge in [0, 0.05) is 24.3 Å². The Morgan fingerprint density at radius 2 is 1.89 bits per heavy atom. The molecule has 0 spiro atoms. The van der Waals surface area contributed by atoms with Crippen LogP contribution in [0.3, 0.4) is 0 Å². The largest absolute Gasteiger partial charge is 0.353 e. The second-order valence-electron chi connectivity index (χ2n) is 4.75. The van der Waals surface area contributed by atoms with Gasteiger partial charge < -0.3 is 11.1 Å². The van der Waals surface area contributed by atoms with Crippen molar-refractivity contribution in [2.45, 2.75) is 20.8 Å². The molecule has 100 valence electrons. The number of hydrogen-bond donors (Lipinski definition) is 2. The lowest BCUT2D eigenvalue weighted by Crippen LogP contribution is -2.15. The van der Waals surface area contributed by atoms with Gasteiger partial charge in [-0.3, -0.25) is 0 Å². The van der Waals surface area contributed by atoms with Gasteiger partial charge in [0.25, 0.3) is 0 Å². The molecule has 0 bridgehead atoms. The van der Waals surface area contributed by atoms with Crippen molar-refractivity contribution in [3.05, 3.63) is 41.1 Å². The molecule has 2 rings (SSSR count).